The van der Waals surface area contributed by atoms with Crippen LogP contribution in [0, 0.1) is 28.9 Å². The molecule has 2 heterocycles. The van der Waals surface area contributed by atoms with Crippen LogP contribution in [0.1, 0.15) is 37.3 Å². The molecule has 2 aromatic rings. The Balaban J connectivity index is 1.25. The Morgan fingerprint density at radius 3 is 2.58 bits per heavy atom. The Labute approximate surface area is 190 Å². The Kier molecular flexibility index (Phi) is 5.35. The van der Waals surface area contributed by atoms with Gasteiger partial charge in [0, 0.05) is 24.8 Å². The van der Waals surface area contributed by atoms with Crippen molar-refractivity contribution in [1.82, 2.24) is 15.0 Å². The van der Waals surface area contributed by atoms with Crippen molar-refractivity contribution in [3.63, 3.8) is 0 Å². The molecule has 1 aromatic carbocycles. The Morgan fingerprint density at radius 2 is 1.88 bits per heavy atom. The zero-order chi connectivity index (χ0) is 23.4. The molecule has 1 amide bonds. The van der Waals surface area contributed by atoms with Gasteiger partial charge in [0.05, 0.1) is 18.1 Å². The molecular formula is C23H25F2N4O3P. The fraction of sp³-hybridized carbons (Fsp3) is 0.478. The number of hydrogen-bond donors (Lipinski definition) is 0. The Bertz CT molecular complexity index is 1160. The number of carbonyl (C=O) groups excluding carboxylic acids is 1. The molecule has 3 fully saturated rings. The van der Waals surface area contributed by atoms with Crippen molar-refractivity contribution < 1.29 is 22.9 Å². The fourth-order valence-corrected chi connectivity index (χ4v) is 6.11. The molecule has 6 rings (SSSR count). The lowest BCUT2D eigenvalue weighted by atomic mass is 9.68. The smallest absolute Gasteiger partial charge is 0.249 e. The molecule has 7 nitrogen and oxygen atoms in total. The molecule has 1 aliphatic heterocycles. The highest BCUT2D eigenvalue weighted by molar-refractivity contribution is 7.69. The number of benzene rings is 1. The zero-order valence-corrected chi connectivity index (χ0v) is 19.3. The van der Waals surface area contributed by atoms with E-state index in [4.69, 9.17) is 4.74 Å². The number of hydrogen-bond acceptors (Lipinski definition) is 6. The minimum Gasteiger partial charge on any atom is -0.477 e. The maximum Gasteiger partial charge on any atom is 0.249 e. The van der Waals surface area contributed by atoms with Crippen LogP contribution in [-0.4, -0.2) is 47.0 Å². The van der Waals surface area contributed by atoms with Crippen LogP contribution in [0.15, 0.2) is 35.7 Å². The second-order valence-corrected chi connectivity index (χ2v) is 12.9. The summed E-state index contributed by atoms with van der Waals surface area (Å²) >= 11 is 0. The number of hydrazone groups is 1. The molecule has 2 bridgehead atoms. The summed E-state index contributed by atoms with van der Waals surface area (Å²) < 4.78 is 45.6. The van der Waals surface area contributed by atoms with Crippen LogP contribution < -0.4 is 10.2 Å². The predicted molar refractivity (Wildman–Crippen MR) is 119 cm³/mol. The van der Waals surface area contributed by atoms with Crippen LogP contribution in [0.5, 0.6) is 5.88 Å². The summed E-state index contributed by atoms with van der Waals surface area (Å²) in [5.41, 5.74) is 0.373. The second-order valence-electron chi connectivity index (χ2n) is 9.69. The summed E-state index contributed by atoms with van der Waals surface area (Å²) in [6.45, 7) is 3.70. The maximum atomic E-state index is 13.7. The monoisotopic (exact) mass is 474 g/mol. The molecule has 10 heteroatoms. The summed E-state index contributed by atoms with van der Waals surface area (Å²) in [7, 11) is -2.51. The van der Waals surface area contributed by atoms with Gasteiger partial charge in [-0.15, -0.1) is 0 Å². The fourth-order valence-electron chi connectivity index (χ4n) is 5.36. The molecule has 0 saturated heterocycles. The average molecular weight is 474 g/mol. The van der Waals surface area contributed by atoms with Gasteiger partial charge in [0.25, 0.3) is 0 Å². The predicted octanol–water partition coefficient (Wildman–Crippen LogP) is 3.76. The minimum absolute atomic E-state index is 0.0908. The van der Waals surface area contributed by atoms with Crippen LogP contribution in [-0.2, 0) is 9.36 Å². The van der Waals surface area contributed by atoms with Gasteiger partial charge in [-0.3, -0.25) is 4.79 Å². The van der Waals surface area contributed by atoms with E-state index in [1.807, 2.05) is 0 Å². The van der Waals surface area contributed by atoms with E-state index in [0.29, 0.717) is 42.2 Å². The van der Waals surface area contributed by atoms with Crippen LogP contribution in [0.3, 0.4) is 0 Å². The van der Waals surface area contributed by atoms with Crippen LogP contribution >= 0.6 is 7.14 Å². The molecule has 2 atom stereocenters. The summed E-state index contributed by atoms with van der Waals surface area (Å²) in [5, 5.41) is 5.66. The first-order valence-electron chi connectivity index (χ1n) is 11.0. The molecule has 3 aliphatic carbocycles. The lowest BCUT2D eigenvalue weighted by Crippen LogP contribution is -2.45. The van der Waals surface area contributed by atoms with Crippen molar-refractivity contribution in [3.05, 3.63) is 47.8 Å². The molecule has 33 heavy (non-hydrogen) atoms. The third-order valence-corrected chi connectivity index (χ3v) is 8.36. The van der Waals surface area contributed by atoms with Gasteiger partial charge in [0.1, 0.15) is 30.5 Å². The van der Waals surface area contributed by atoms with E-state index < -0.39 is 30.2 Å². The third kappa shape index (κ3) is 4.07. The van der Waals surface area contributed by atoms with E-state index in [0.717, 1.165) is 18.9 Å². The lowest BCUT2D eigenvalue weighted by Gasteiger charge is -2.40. The number of rotatable bonds is 6. The van der Waals surface area contributed by atoms with Crippen molar-refractivity contribution in [2.75, 3.05) is 19.9 Å². The molecule has 3 saturated carbocycles. The van der Waals surface area contributed by atoms with Crippen molar-refractivity contribution in [2.45, 2.75) is 31.7 Å². The van der Waals surface area contributed by atoms with E-state index in [-0.39, 0.29) is 11.8 Å². The Hall–Kier alpha value is -2.67. The third-order valence-electron chi connectivity index (χ3n) is 7.01. The van der Waals surface area contributed by atoms with Gasteiger partial charge in [-0.1, -0.05) is 0 Å². The molecule has 2 unspecified atom stereocenters. The van der Waals surface area contributed by atoms with Gasteiger partial charge in [0.15, 0.2) is 0 Å². The topological polar surface area (TPSA) is 84.8 Å². The van der Waals surface area contributed by atoms with Crippen molar-refractivity contribution >= 4 is 24.7 Å². The van der Waals surface area contributed by atoms with Gasteiger partial charge < -0.3 is 9.30 Å². The number of aromatic nitrogens is 2. The number of halogens is 2. The summed E-state index contributed by atoms with van der Waals surface area (Å²) in [5.74, 6) is -0.480. The highest BCUT2D eigenvalue weighted by Gasteiger charge is 2.62. The largest absolute Gasteiger partial charge is 0.477 e. The number of ether oxygens (including phenoxy) is 1. The van der Waals surface area contributed by atoms with E-state index >= 15 is 0 Å². The Morgan fingerprint density at radius 1 is 1.15 bits per heavy atom. The summed E-state index contributed by atoms with van der Waals surface area (Å²) in [6, 6.07) is 4.46. The number of carbonyl (C=O) groups is 1. The molecule has 1 aromatic heterocycles. The number of fused-ring (bicyclic) bond motifs is 1. The summed E-state index contributed by atoms with van der Waals surface area (Å²) in [6.07, 6.45) is 5.58. The standard InChI is InChI=1S/C23H25F2N4O3P/c1-33(2,31)21-8-20(26-13-27-21)32-12-16-11-23(9-15(16)10-23)22(30)29-19(3-4-28-29)14-5-17(24)7-18(25)6-14/h4-8,13,15-16,19H,3,9-12H2,1-2H3. The SMILES string of the molecule is CP(C)(=O)c1cc(OCC2CC3(C(=O)N4N=CCC4c4cc(F)cc(F)c4)CC2C3)ncn1. The first-order valence-corrected chi connectivity index (χ1v) is 13.6. The molecule has 0 radical (unpaired) electrons. The van der Waals surface area contributed by atoms with Gasteiger partial charge in [-0.05, 0) is 62.1 Å². The van der Waals surface area contributed by atoms with Crippen molar-refractivity contribution in [1.29, 1.82) is 0 Å². The number of amides is 1. The maximum absolute atomic E-state index is 13.7. The van der Waals surface area contributed by atoms with Crippen LogP contribution in [0.25, 0.3) is 0 Å². The van der Waals surface area contributed by atoms with Crippen LogP contribution in [0.2, 0.25) is 0 Å². The number of nitrogens with zero attached hydrogens (tertiary/aromatic N) is 4. The zero-order valence-electron chi connectivity index (χ0n) is 18.4. The van der Waals surface area contributed by atoms with Gasteiger partial charge >= 0.3 is 0 Å². The van der Waals surface area contributed by atoms with E-state index in [1.165, 1.54) is 23.5 Å². The molecule has 0 spiro atoms. The van der Waals surface area contributed by atoms with Crippen LogP contribution in [0.4, 0.5) is 8.78 Å². The quantitative estimate of drug-likeness (QED) is 0.596. The minimum atomic E-state index is -2.51. The normalized spacial score (nSPS) is 28.1. The van der Waals surface area contributed by atoms with E-state index in [9.17, 15) is 18.1 Å². The summed E-state index contributed by atoms with van der Waals surface area (Å²) in [4.78, 5) is 21.7. The first-order chi connectivity index (χ1) is 15.6. The highest BCUT2D eigenvalue weighted by Crippen LogP contribution is 2.63. The second kappa shape index (κ2) is 7.97. The molecule has 4 aliphatic rings. The molecule has 174 valence electrons. The highest BCUT2D eigenvalue weighted by atomic mass is 31.2. The van der Waals surface area contributed by atoms with E-state index in [1.54, 1.807) is 25.6 Å². The average Bonchev–Trinajstić information content (AvgIpc) is 3.44. The molecule has 0 N–H and O–H groups in total. The first kappa shape index (κ1) is 22.1. The molecular weight excluding hydrogens is 449 g/mol. The van der Waals surface area contributed by atoms with Crippen molar-refractivity contribution in [3.8, 4) is 5.88 Å². The van der Waals surface area contributed by atoms with Gasteiger partial charge in [0.2, 0.25) is 11.8 Å². The van der Waals surface area contributed by atoms with E-state index in [2.05, 4.69) is 15.1 Å². The van der Waals surface area contributed by atoms with Gasteiger partial charge in [-0.25, -0.2) is 23.8 Å². The lowest BCUT2D eigenvalue weighted by molar-refractivity contribution is -0.148. The van der Waals surface area contributed by atoms with Crippen molar-refractivity contribution in [2.24, 2.45) is 22.4 Å². The van der Waals surface area contributed by atoms with Gasteiger partial charge in [-0.2, -0.15) is 5.10 Å².